The second kappa shape index (κ2) is 4.77. The van der Waals surface area contributed by atoms with E-state index in [4.69, 9.17) is 5.73 Å². The number of nitrogen functional groups attached to an aromatic ring is 1. The van der Waals surface area contributed by atoms with Gasteiger partial charge in [-0.25, -0.2) is 4.98 Å². The third kappa shape index (κ3) is 1.92. The number of aliphatic hydroxyl groups is 4. The number of imidazole rings is 1. The smallest absolute Gasteiger partial charge is 0.244 e. The first-order valence-electron chi connectivity index (χ1n) is 6.29. The molecule has 114 valence electrons. The summed E-state index contributed by atoms with van der Waals surface area (Å²) in [5.41, 5.74) is 5.64. The second-order valence-electron chi connectivity index (χ2n) is 5.04. The molecule has 0 spiro atoms. The van der Waals surface area contributed by atoms with Crippen molar-refractivity contribution in [3.05, 3.63) is 6.33 Å². The van der Waals surface area contributed by atoms with Crippen LogP contribution < -0.4 is 5.73 Å². The van der Waals surface area contributed by atoms with Crippen molar-refractivity contribution in [2.45, 2.75) is 24.4 Å². The van der Waals surface area contributed by atoms with Crippen molar-refractivity contribution in [2.75, 3.05) is 12.3 Å². The lowest BCUT2D eigenvalue weighted by Crippen LogP contribution is -2.30. The predicted molar refractivity (Wildman–Crippen MR) is 69.0 cm³/mol. The normalized spacial score (nSPS) is 32.9. The minimum Gasteiger partial charge on any atom is -0.492 e. The molecule has 2 heterocycles. The number of aromatic hydroxyl groups is 1. The molecule has 7 N–H and O–H groups in total. The fourth-order valence-corrected chi connectivity index (χ4v) is 2.79. The van der Waals surface area contributed by atoms with Gasteiger partial charge in [-0.05, 0) is 0 Å². The molecule has 0 radical (unpaired) electrons. The Labute approximate surface area is 118 Å². The lowest BCUT2D eigenvalue weighted by Gasteiger charge is -2.21. The van der Waals surface area contributed by atoms with E-state index in [2.05, 4.69) is 15.0 Å². The molecule has 10 nitrogen and oxygen atoms in total. The highest BCUT2D eigenvalue weighted by atomic mass is 16.3. The quantitative estimate of drug-likeness (QED) is 0.346. The van der Waals surface area contributed by atoms with Crippen LogP contribution in [0.4, 0.5) is 5.95 Å². The van der Waals surface area contributed by atoms with E-state index in [1.807, 2.05) is 0 Å². The molecule has 1 saturated carbocycles. The van der Waals surface area contributed by atoms with Crippen LogP contribution in [0.5, 0.6) is 5.88 Å². The van der Waals surface area contributed by atoms with Crippen LogP contribution in [0.1, 0.15) is 6.04 Å². The SMILES string of the molecule is Nc1nc(O)c2ncn([C@H]3[C@H](O)[C@@H](CO)[C@H](O)[C@@H]3O)c2n1. The fourth-order valence-electron chi connectivity index (χ4n) is 2.79. The molecular formula is C11H15N5O5. The molecule has 1 aliphatic carbocycles. The zero-order chi connectivity index (χ0) is 15.3. The Hall–Kier alpha value is -2.01. The van der Waals surface area contributed by atoms with Crippen molar-refractivity contribution in [3.8, 4) is 5.88 Å². The van der Waals surface area contributed by atoms with Crippen molar-refractivity contribution in [1.29, 1.82) is 0 Å². The van der Waals surface area contributed by atoms with Crippen LogP contribution in [0.25, 0.3) is 11.2 Å². The van der Waals surface area contributed by atoms with Gasteiger partial charge in [0.05, 0.1) is 31.2 Å². The summed E-state index contributed by atoms with van der Waals surface area (Å²) in [6, 6.07) is -0.976. The Kier molecular flexibility index (Phi) is 3.17. The number of nitrogens with zero attached hydrogens (tertiary/aromatic N) is 4. The molecule has 10 heteroatoms. The first-order valence-corrected chi connectivity index (χ1v) is 6.29. The number of hydrogen-bond acceptors (Lipinski definition) is 9. The van der Waals surface area contributed by atoms with Gasteiger partial charge in [0.1, 0.15) is 6.10 Å². The van der Waals surface area contributed by atoms with Crippen LogP contribution in [0.3, 0.4) is 0 Å². The first kappa shape index (κ1) is 13.9. The highest BCUT2D eigenvalue weighted by Gasteiger charge is 2.50. The zero-order valence-corrected chi connectivity index (χ0v) is 10.8. The topological polar surface area (TPSA) is 171 Å². The van der Waals surface area contributed by atoms with Crippen molar-refractivity contribution >= 4 is 17.1 Å². The molecule has 0 amide bonds. The van der Waals surface area contributed by atoms with E-state index in [0.717, 1.165) is 0 Å². The van der Waals surface area contributed by atoms with Crippen LogP contribution in [0.15, 0.2) is 6.33 Å². The molecule has 0 saturated heterocycles. The number of anilines is 1. The zero-order valence-electron chi connectivity index (χ0n) is 10.8. The lowest BCUT2D eigenvalue weighted by molar-refractivity contribution is -0.00782. The Balaban J connectivity index is 2.12. The van der Waals surface area contributed by atoms with E-state index >= 15 is 0 Å². The highest BCUT2D eigenvalue weighted by Crippen LogP contribution is 2.37. The summed E-state index contributed by atoms with van der Waals surface area (Å²) in [6.07, 6.45) is -2.58. The molecule has 21 heavy (non-hydrogen) atoms. The standard InChI is InChI=1S/C11H15N5O5/c12-11-14-9-4(10(21)15-11)13-2-16(9)5-6(18)3(1-17)7(19)8(5)20/h2-3,5-8,17-20H,1H2,(H3,12,14,15,21)/t3-,5+,6-,7+,8-/m1/s1. The number of aromatic nitrogens is 4. The van der Waals surface area contributed by atoms with E-state index in [0.29, 0.717) is 0 Å². The van der Waals surface area contributed by atoms with Crippen LogP contribution in [-0.2, 0) is 0 Å². The second-order valence-corrected chi connectivity index (χ2v) is 5.04. The number of hydrogen-bond donors (Lipinski definition) is 6. The summed E-state index contributed by atoms with van der Waals surface area (Å²) in [5, 5.41) is 49.0. The van der Waals surface area contributed by atoms with Gasteiger partial charge in [0.25, 0.3) is 0 Å². The molecule has 2 aromatic rings. The van der Waals surface area contributed by atoms with Crippen molar-refractivity contribution < 1.29 is 25.5 Å². The van der Waals surface area contributed by atoms with E-state index in [9.17, 15) is 25.5 Å². The maximum Gasteiger partial charge on any atom is 0.244 e. The number of aliphatic hydroxyl groups excluding tert-OH is 4. The fraction of sp³-hybridized carbons (Fsp3) is 0.545. The Morgan fingerprint density at radius 3 is 2.48 bits per heavy atom. The average Bonchev–Trinajstić information content (AvgIpc) is 2.91. The summed E-state index contributed by atoms with van der Waals surface area (Å²) < 4.78 is 1.31. The maximum absolute atomic E-state index is 10.2. The largest absolute Gasteiger partial charge is 0.492 e. The molecule has 1 aliphatic rings. The van der Waals surface area contributed by atoms with Gasteiger partial charge >= 0.3 is 0 Å². The molecule has 0 aliphatic heterocycles. The van der Waals surface area contributed by atoms with Crippen molar-refractivity contribution in [3.63, 3.8) is 0 Å². The lowest BCUT2D eigenvalue weighted by atomic mass is 10.0. The van der Waals surface area contributed by atoms with Gasteiger partial charge in [-0.3, -0.25) is 0 Å². The van der Waals surface area contributed by atoms with Gasteiger partial charge in [-0.1, -0.05) is 0 Å². The van der Waals surface area contributed by atoms with E-state index in [-0.39, 0.29) is 17.1 Å². The Morgan fingerprint density at radius 2 is 1.86 bits per heavy atom. The van der Waals surface area contributed by atoms with Gasteiger partial charge in [0.2, 0.25) is 11.8 Å². The van der Waals surface area contributed by atoms with E-state index in [1.54, 1.807) is 0 Å². The van der Waals surface area contributed by atoms with Crippen LogP contribution in [0.2, 0.25) is 0 Å². The van der Waals surface area contributed by atoms with Gasteiger partial charge < -0.3 is 35.8 Å². The summed E-state index contributed by atoms with van der Waals surface area (Å²) >= 11 is 0. The number of fused-ring (bicyclic) bond motifs is 1. The number of nitrogens with two attached hydrogens (primary N) is 1. The predicted octanol–water partition coefficient (Wildman–Crippen LogP) is -2.64. The van der Waals surface area contributed by atoms with Crippen LogP contribution in [-0.4, -0.2) is 70.0 Å². The van der Waals surface area contributed by atoms with E-state index < -0.39 is 42.8 Å². The minimum atomic E-state index is -1.33. The minimum absolute atomic E-state index is 0.0607. The van der Waals surface area contributed by atoms with Crippen LogP contribution in [0, 0.1) is 5.92 Å². The summed E-state index contributed by atoms with van der Waals surface area (Å²) in [5.74, 6) is -1.50. The average molecular weight is 297 g/mol. The van der Waals surface area contributed by atoms with Crippen LogP contribution >= 0.6 is 0 Å². The van der Waals surface area contributed by atoms with Crippen molar-refractivity contribution in [2.24, 2.45) is 5.92 Å². The molecule has 1 fully saturated rings. The molecular weight excluding hydrogens is 282 g/mol. The molecule has 0 bridgehead atoms. The van der Waals surface area contributed by atoms with Crippen molar-refractivity contribution in [1.82, 2.24) is 19.5 Å². The summed E-state index contributed by atoms with van der Waals surface area (Å²) in [6.45, 7) is -0.481. The number of rotatable bonds is 2. The molecule has 0 unspecified atom stereocenters. The van der Waals surface area contributed by atoms with Gasteiger partial charge in [0, 0.05) is 5.92 Å². The van der Waals surface area contributed by atoms with Gasteiger partial charge in [-0.15, -0.1) is 0 Å². The van der Waals surface area contributed by atoms with Gasteiger partial charge in [0.15, 0.2) is 11.2 Å². The third-order valence-electron chi connectivity index (χ3n) is 3.88. The summed E-state index contributed by atoms with van der Waals surface area (Å²) in [7, 11) is 0. The summed E-state index contributed by atoms with van der Waals surface area (Å²) in [4.78, 5) is 11.4. The third-order valence-corrected chi connectivity index (χ3v) is 3.88. The Morgan fingerprint density at radius 1 is 1.14 bits per heavy atom. The first-order chi connectivity index (χ1) is 9.95. The van der Waals surface area contributed by atoms with Gasteiger partial charge in [-0.2, -0.15) is 9.97 Å². The molecule has 2 aromatic heterocycles. The monoisotopic (exact) mass is 297 g/mol. The van der Waals surface area contributed by atoms with E-state index in [1.165, 1.54) is 10.9 Å². The maximum atomic E-state index is 10.2. The Bertz CT molecular complexity index is 676. The highest BCUT2D eigenvalue weighted by molar-refractivity contribution is 5.77. The molecule has 5 atom stereocenters. The molecule has 0 aromatic carbocycles. The molecule has 3 rings (SSSR count).